The minimum absolute atomic E-state index is 0.00846. The Balaban J connectivity index is 2.69. The van der Waals surface area contributed by atoms with E-state index >= 15 is 0 Å². The second-order valence-corrected chi connectivity index (χ2v) is 3.77. The Morgan fingerprint density at radius 2 is 2.29 bits per heavy atom. The highest BCUT2D eigenvalue weighted by Crippen LogP contribution is 2.13. The molecule has 1 N–H and O–H groups in total. The molecule has 0 saturated heterocycles. The van der Waals surface area contributed by atoms with Gasteiger partial charge in [-0.25, -0.2) is 4.39 Å². The van der Waals surface area contributed by atoms with Crippen LogP contribution in [0.4, 0.5) is 4.39 Å². The molecule has 1 aromatic carbocycles. The van der Waals surface area contributed by atoms with Gasteiger partial charge in [-0.1, -0.05) is 12.1 Å². The van der Waals surface area contributed by atoms with E-state index in [1.807, 2.05) is 0 Å². The Morgan fingerprint density at radius 1 is 1.59 bits per heavy atom. The zero-order valence-electron chi connectivity index (χ0n) is 9.48. The van der Waals surface area contributed by atoms with Crippen LogP contribution >= 0.6 is 0 Å². The SMILES string of the molecule is CN(CCC(=O)O)Cc1cccc(C#N)c1F. The van der Waals surface area contributed by atoms with Crippen molar-refractivity contribution in [2.75, 3.05) is 13.6 Å². The molecule has 0 atom stereocenters. The van der Waals surface area contributed by atoms with E-state index in [1.165, 1.54) is 6.07 Å². The number of nitrogens with zero attached hydrogens (tertiary/aromatic N) is 2. The van der Waals surface area contributed by atoms with E-state index in [9.17, 15) is 9.18 Å². The maximum Gasteiger partial charge on any atom is 0.304 e. The number of benzene rings is 1. The first-order valence-corrected chi connectivity index (χ1v) is 5.12. The summed E-state index contributed by atoms with van der Waals surface area (Å²) in [5.74, 6) is -1.42. The van der Waals surface area contributed by atoms with E-state index in [0.717, 1.165) is 0 Å². The number of rotatable bonds is 5. The van der Waals surface area contributed by atoms with E-state index in [2.05, 4.69) is 0 Å². The van der Waals surface area contributed by atoms with Crippen molar-refractivity contribution in [2.45, 2.75) is 13.0 Å². The smallest absolute Gasteiger partial charge is 0.304 e. The Bertz CT molecular complexity index is 454. The molecule has 17 heavy (non-hydrogen) atoms. The maximum atomic E-state index is 13.7. The molecule has 4 nitrogen and oxygen atoms in total. The van der Waals surface area contributed by atoms with Gasteiger partial charge in [0.1, 0.15) is 11.9 Å². The Morgan fingerprint density at radius 3 is 2.88 bits per heavy atom. The molecule has 0 heterocycles. The lowest BCUT2D eigenvalue weighted by Crippen LogP contribution is -2.22. The first kappa shape index (κ1) is 13.1. The van der Waals surface area contributed by atoms with Gasteiger partial charge in [0, 0.05) is 18.7 Å². The number of aliphatic carboxylic acids is 1. The first-order valence-electron chi connectivity index (χ1n) is 5.12. The van der Waals surface area contributed by atoms with Crippen LogP contribution in [0, 0.1) is 17.1 Å². The average Bonchev–Trinajstić information content (AvgIpc) is 2.29. The number of carboxylic acid groups (broad SMARTS) is 1. The number of halogens is 1. The summed E-state index contributed by atoms with van der Waals surface area (Å²) in [6.07, 6.45) is 0.00998. The van der Waals surface area contributed by atoms with Crippen LogP contribution in [0.15, 0.2) is 18.2 Å². The topological polar surface area (TPSA) is 64.3 Å². The molecule has 1 rings (SSSR count). The molecule has 0 aliphatic rings. The van der Waals surface area contributed by atoms with Gasteiger partial charge in [0.25, 0.3) is 0 Å². The van der Waals surface area contributed by atoms with Crippen LogP contribution in [0.2, 0.25) is 0 Å². The molecule has 0 fully saturated rings. The third-order valence-corrected chi connectivity index (χ3v) is 2.35. The van der Waals surface area contributed by atoms with Crippen LogP contribution in [-0.4, -0.2) is 29.6 Å². The first-order chi connectivity index (χ1) is 8.04. The second kappa shape index (κ2) is 5.97. The van der Waals surface area contributed by atoms with Crippen molar-refractivity contribution in [2.24, 2.45) is 0 Å². The summed E-state index contributed by atoms with van der Waals surface area (Å²) in [5, 5.41) is 17.2. The van der Waals surface area contributed by atoms with Crippen molar-refractivity contribution >= 4 is 5.97 Å². The summed E-state index contributed by atoms with van der Waals surface area (Å²) in [4.78, 5) is 12.1. The molecule has 0 aromatic heterocycles. The molecule has 0 aliphatic heterocycles. The van der Waals surface area contributed by atoms with Crippen molar-refractivity contribution in [3.05, 3.63) is 35.1 Å². The molecule has 5 heteroatoms. The number of hydrogen-bond acceptors (Lipinski definition) is 3. The summed E-state index contributed by atoms with van der Waals surface area (Å²) in [6, 6.07) is 6.39. The largest absolute Gasteiger partial charge is 0.481 e. The van der Waals surface area contributed by atoms with Gasteiger partial charge in [-0.3, -0.25) is 4.79 Å². The third-order valence-electron chi connectivity index (χ3n) is 2.35. The lowest BCUT2D eigenvalue weighted by Gasteiger charge is -2.16. The fourth-order valence-corrected chi connectivity index (χ4v) is 1.44. The molecule has 1 aromatic rings. The average molecular weight is 236 g/mol. The lowest BCUT2D eigenvalue weighted by molar-refractivity contribution is -0.137. The molecule has 0 spiro atoms. The molecular formula is C12H13FN2O2. The fourth-order valence-electron chi connectivity index (χ4n) is 1.44. The van der Waals surface area contributed by atoms with Gasteiger partial charge in [-0.15, -0.1) is 0 Å². The van der Waals surface area contributed by atoms with E-state index in [-0.39, 0.29) is 18.5 Å². The van der Waals surface area contributed by atoms with E-state index in [4.69, 9.17) is 10.4 Å². The molecule has 0 aliphatic carbocycles. The van der Waals surface area contributed by atoms with Crippen molar-refractivity contribution in [1.29, 1.82) is 5.26 Å². The second-order valence-electron chi connectivity index (χ2n) is 3.77. The molecule has 90 valence electrons. The summed E-state index contributed by atoms with van der Waals surface area (Å²) in [6.45, 7) is 0.625. The van der Waals surface area contributed by atoms with Gasteiger partial charge in [-0.2, -0.15) is 5.26 Å². The Kier molecular flexibility index (Phi) is 4.61. The molecule has 0 radical (unpaired) electrons. The zero-order chi connectivity index (χ0) is 12.8. The highest BCUT2D eigenvalue weighted by atomic mass is 19.1. The summed E-state index contributed by atoms with van der Waals surface area (Å²) in [7, 11) is 1.71. The van der Waals surface area contributed by atoms with Crippen molar-refractivity contribution in [3.8, 4) is 6.07 Å². The predicted octanol–water partition coefficient (Wildman–Crippen LogP) is 1.60. The quantitative estimate of drug-likeness (QED) is 0.843. The molecule has 0 amide bonds. The summed E-state index contributed by atoms with van der Waals surface area (Å²) >= 11 is 0. The zero-order valence-corrected chi connectivity index (χ0v) is 9.48. The van der Waals surface area contributed by atoms with Crippen LogP contribution in [0.25, 0.3) is 0 Å². The maximum absolute atomic E-state index is 13.7. The van der Waals surface area contributed by atoms with E-state index in [1.54, 1.807) is 30.1 Å². The minimum Gasteiger partial charge on any atom is -0.481 e. The van der Waals surface area contributed by atoms with Gasteiger partial charge in [0.05, 0.1) is 12.0 Å². The van der Waals surface area contributed by atoms with Crippen LogP contribution in [0.3, 0.4) is 0 Å². The van der Waals surface area contributed by atoms with Gasteiger partial charge in [-0.05, 0) is 13.1 Å². The normalized spacial score (nSPS) is 10.2. The van der Waals surface area contributed by atoms with Gasteiger partial charge >= 0.3 is 5.97 Å². The number of nitriles is 1. The third kappa shape index (κ3) is 3.85. The van der Waals surface area contributed by atoms with Gasteiger partial charge < -0.3 is 10.0 Å². The number of carboxylic acids is 1. The minimum atomic E-state index is -0.886. The van der Waals surface area contributed by atoms with Crippen LogP contribution in [0.5, 0.6) is 0 Å². The van der Waals surface area contributed by atoms with Crippen LogP contribution < -0.4 is 0 Å². The lowest BCUT2D eigenvalue weighted by atomic mass is 10.1. The number of carbonyl (C=O) groups is 1. The molecular weight excluding hydrogens is 223 g/mol. The van der Waals surface area contributed by atoms with E-state index in [0.29, 0.717) is 12.1 Å². The van der Waals surface area contributed by atoms with E-state index < -0.39 is 11.8 Å². The molecule has 0 unspecified atom stereocenters. The van der Waals surface area contributed by atoms with Crippen molar-refractivity contribution in [1.82, 2.24) is 4.90 Å². The summed E-state index contributed by atoms with van der Waals surface area (Å²) < 4.78 is 13.7. The molecule has 0 saturated carbocycles. The molecule has 0 bridgehead atoms. The van der Waals surface area contributed by atoms with Crippen LogP contribution in [0.1, 0.15) is 17.5 Å². The number of hydrogen-bond donors (Lipinski definition) is 1. The predicted molar refractivity (Wildman–Crippen MR) is 59.7 cm³/mol. The van der Waals surface area contributed by atoms with Gasteiger partial charge in [0.2, 0.25) is 0 Å². The van der Waals surface area contributed by atoms with Crippen molar-refractivity contribution in [3.63, 3.8) is 0 Å². The summed E-state index contributed by atoms with van der Waals surface area (Å²) in [5.41, 5.74) is 0.408. The fraction of sp³-hybridized carbons (Fsp3) is 0.333. The Labute approximate surface area is 98.9 Å². The monoisotopic (exact) mass is 236 g/mol. The standard InChI is InChI=1S/C12H13FN2O2/c1-15(6-5-11(16)17)8-10-4-2-3-9(7-14)12(10)13/h2-4H,5-6,8H2,1H3,(H,16,17). The highest BCUT2D eigenvalue weighted by molar-refractivity contribution is 5.66. The van der Waals surface area contributed by atoms with Gasteiger partial charge in [0.15, 0.2) is 0 Å². The van der Waals surface area contributed by atoms with Crippen LogP contribution in [-0.2, 0) is 11.3 Å². The van der Waals surface area contributed by atoms with Crippen molar-refractivity contribution < 1.29 is 14.3 Å². The highest BCUT2D eigenvalue weighted by Gasteiger charge is 2.10. The Hall–Kier alpha value is -1.93.